The molecule has 2 N–H and O–H groups in total. The number of esters is 1. The first-order valence-corrected chi connectivity index (χ1v) is 11.7. The van der Waals surface area contributed by atoms with Crippen molar-refractivity contribution in [3.63, 3.8) is 0 Å². The van der Waals surface area contributed by atoms with E-state index in [1.165, 1.54) is 0 Å². The van der Waals surface area contributed by atoms with Crippen molar-refractivity contribution in [2.24, 2.45) is 0 Å². The monoisotopic (exact) mass is 500 g/mol. The molecular weight excluding hydrogens is 475 g/mol. The van der Waals surface area contributed by atoms with Crippen molar-refractivity contribution in [2.45, 2.75) is 46.6 Å². The molecule has 2 aromatic rings. The molecule has 7 nitrogen and oxygen atoms in total. The molecule has 1 aromatic carbocycles. The Bertz CT molecular complexity index is 991. The number of thiophene rings is 1. The Hall–Kier alpha value is -2.29. The fraction of sp³-hybridized carbons (Fsp3) is 0.409. The molecule has 0 aliphatic rings. The second-order valence-electron chi connectivity index (χ2n) is 7.18. The third kappa shape index (κ3) is 7.12. The van der Waals surface area contributed by atoms with Crippen molar-refractivity contribution in [3.05, 3.63) is 44.2 Å². The first kappa shape index (κ1) is 26.0. The molecule has 174 valence electrons. The molecule has 10 heteroatoms. The van der Waals surface area contributed by atoms with Crippen molar-refractivity contribution in [3.8, 4) is 5.75 Å². The first-order valence-electron chi connectivity index (χ1n) is 10.1. The third-order valence-electron chi connectivity index (χ3n) is 4.20. The minimum absolute atomic E-state index is 0.0674. The molecule has 0 saturated heterocycles. The minimum atomic E-state index is -0.583. The van der Waals surface area contributed by atoms with Crippen LogP contribution in [0.2, 0.25) is 10.0 Å². The van der Waals surface area contributed by atoms with Gasteiger partial charge in [0.05, 0.1) is 28.7 Å². The molecule has 32 heavy (non-hydrogen) atoms. The average molecular weight is 501 g/mol. The second-order valence-corrected chi connectivity index (χ2v) is 9.05. The second kappa shape index (κ2) is 12.1. The van der Waals surface area contributed by atoms with Crippen LogP contribution >= 0.6 is 34.5 Å². The maximum atomic E-state index is 12.5. The number of anilines is 1. The Morgan fingerprint density at radius 1 is 1.19 bits per heavy atom. The zero-order valence-electron chi connectivity index (χ0n) is 18.3. The molecule has 0 aliphatic carbocycles. The van der Waals surface area contributed by atoms with E-state index in [0.29, 0.717) is 37.7 Å². The molecule has 0 aliphatic heterocycles. The topological polar surface area (TPSA) is 93.7 Å². The van der Waals surface area contributed by atoms with E-state index in [4.69, 9.17) is 32.7 Å². The molecule has 1 aromatic heterocycles. The van der Waals surface area contributed by atoms with Crippen LogP contribution in [-0.2, 0) is 9.53 Å². The number of nitrogens with one attached hydrogen (secondary N) is 2. The Morgan fingerprint density at radius 3 is 2.53 bits per heavy atom. The van der Waals surface area contributed by atoms with Crippen LogP contribution < -0.4 is 15.4 Å². The molecule has 0 atom stereocenters. The predicted octanol–water partition coefficient (Wildman–Crippen LogP) is 5.48. The highest BCUT2D eigenvalue weighted by molar-refractivity contribution is 7.18. The quantitative estimate of drug-likeness (QED) is 0.332. The van der Waals surface area contributed by atoms with Gasteiger partial charge in [0.25, 0.3) is 5.91 Å². The van der Waals surface area contributed by atoms with Gasteiger partial charge in [-0.25, -0.2) is 4.79 Å². The lowest BCUT2D eigenvalue weighted by Gasteiger charge is -2.09. The highest BCUT2D eigenvalue weighted by Gasteiger charge is 2.26. The molecule has 0 fully saturated rings. The smallest absolute Gasteiger partial charge is 0.341 e. The number of hydrogen-bond acceptors (Lipinski definition) is 6. The van der Waals surface area contributed by atoms with Crippen LogP contribution in [0.25, 0.3) is 0 Å². The average Bonchev–Trinajstić information content (AvgIpc) is 3.02. The number of hydrogen-bond donors (Lipinski definition) is 2. The number of benzene rings is 1. The summed E-state index contributed by atoms with van der Waals surface area (Å²) >= 11 is 13.0. The molecule has 2 rings (SSSR count). The summed E-state index contributed by atoms with van der Waals surface area (Å²) in [6.07, 6.45) is 0.572. The van der Waals surface area contributed by atoms with E-state index in [0.717, 1.165) is 11.3 Å². The standard InChI is InChI=1S/C22H26Cl2N2O5S/c1-5-30-22(29)18-13(4)19(20(28)25-12(2)3)32-21(18)26-17(27)7-6-10-31-16-9-8-14(23)11-15(16)24/h8-9,11-12H,5-7,10H2,1-4H3,(H,25,28)(H,26,27). The largest absolute Gasteiger partial charge is 0.492 e. The maximum absolute atomic E-state index is 12.5. The Morgan fingerprint density at radius 2 is 1.91 bits per heavy atom. The predicted molar refractivity (Wildman–Crippen MR) is 127 cm³/mol. The third-order valence-corrected chi connectivity index (χ3v) is 5.94. The number of carbonyl (C=O) groups is 3. The molecule has 1 heterocycles. The van der Waals surface area contributed by atoms with E-state index in [2.05, 4.69) is 10.6 Å². The molecular formula is C22H26Cl2N2O5S. The van der Waals surface area contributed by atoms with E-state index in [-0.39, 0.29) is 43.1 Å². The number of carbonyl (C=O) groups excluding carboxylic acids is 3. The van der Waals surface area contributed by atoms with E-state index in [9.17, 15) is 14.4 Å². The SMILES string of the molecule is CCOC(=O)c1c(NC(=O)CCCOc2ccc(Cl)cc2Cl)sc(C(=O)NC(C)C)c1C. The van der Waals surface area contributed by atoms with Gasteiger partial charge in [-0.1, -0.05) is 23.2 Å². The van der Waals surface area contributed by atoms with Crippen molar-refractivity contribution >= 4 is 57.3 Å². The normalized spacial score (nSPS) is 10.7. The Balaban J connectivity index is 2.04. The van der Waals surface area contributed by atoms with Gasteiger partial charge in [0.1, 0.15) is 10.8 Å². The van der Waals surface area contributed by atoms with Crippen molar-refractivity contribution in [2.75, 3.05) is 18.5 Å². The van der Waals surface area contributed by atoms with Gasteiger partial charge in [-0.15, -0.1) is 11.3 Å². The number of ether oxygens (including phenoxy) is 2. The Kier molecular flexibility index (Phi) is 9.81. The first-order chi connectivity index (χ1) is 15.1. The molecule has 0 bridgehead atoms. The summed E-state index contributed by atoms with van der Waals surface area (Å²) in [5, 5.41) is 6.73. The lowest BCUT2D eigenvalue weighted by molar-refractivity contribution is -0.116. The van der Waals surface area contributed by atoms with Gasteiger partial charge >= 0.3 is 5.97 Å². The highest BCUT2D eigenvalue weighted by Crippen LogP contribution is 2.34. The van der Waals surface area contributed by atoms with Crippen LogP contribution in [0.1, 0.15) is 59.2 Å². The van der Waals surface area contributed by atoms with E-state index in [1.807, 2.05) is 13.8 Å². The Labute approximate surface area is 201 Å². The summed E-state index contributed by atoms with van der Waals surface area (Å²) in [7, 11) is 0. The summed E-state index contributed by atoms with van der Waals surface area (Å²) in [5.74, 6) is -0.711. The van der Waals surface area contributed by atoms with E-state index < -0.39 is 5.97 Å². The maximum Gasteiger partial charge on any atom is 0.341 e. The van der Waals surface area contributed by atoms with Gasteiger partial charge in [-0.3, -0.25) is 9.59 Å². The van der Waals surface area contributed by atoms with E-state index >= 15 is 0 Å². The fourth-order valence-electron chi connectivity index (χ4n) is 2.79. The van der Waals surface area contributed by atoms with Crippen molar-refractivity contribution < 1.29 is 23.9 Å². The highest BCUT2D eigenvalue weighted by atomic mass is 35.5. The van der Waals surface area contributed by atoms with Crippen LogP contribution in [0.4, 0.5) is 5.00 Å². The van der Waals surface area contributed by atoms with Gasteiger partial charge in [0, 0.05) is 17.5 Å². The number of rotatable bonds is 10. The zero-order valence-corrected chi connectivity index (χ0v) is 20.7. The van der Waals surface area contributed by atoms with Crippen molar-refractivity contribution in [1.29, 1.82) is 0 Å². The fourth-order valence-corrected chi connectivity index (χ4v) is 4.37. The van der Waals surface area contributed by atoms with Crippen molar-refractivity contribution in [1.82, 2.24) is 5.32 Å². The summed E-state index contributed by atoms with van der Waals surface area (Å²) in [6, 6.07) is 4.84. The van der Waals surface area contributed by atoms with Gasteiger partial charge in [-0.05, 0) is 57.9 Å². The van der Waals surface area contributed by atoms with Gasteiger partial charge in [0.15, 0.2) is 0 Å². The van der Waals surface area contributed by atoms with E-state index in [1.54, 1.807) is 32.0 Å². The van der Waals surface area contributed by atoms with Crippen LogP contribution in [0.15, 0.2) is 18.2 Å². The van der Waals surface area contributed by atoms with Crippen LogP contribution in [0.3, 0.4) is 0 Å². The van der Waals surface area contributed by atoms with Crippen LogP contribution in [0.5, 0.6) is 5.75 Å². The molecule has 0 saturated carbocycles. The summed E-state index contributed by atoms with van der Waals surface area (Å²) in [4.78, 5) is 37.8. The van der Waals surface area contributed by atoms with Gasteiger partial charge < -0.3 is 20.1 Å². The summed E-state index contributed by atoms with van der Waals surface area (Å²) in [6.45, 7) is 7.49. The summed E-state index contributed by atoms with van der Waals surface area (Å²) in [5.41, 5.74) is 0.672. The van der Waals surface area contributed by atoms with Gasteiger partial charge in [-0.2, -0.15) is 0 Å². The van der Waals surface area contributed by atoms with Gasteiger partial charge in [0.2, 0.25) is 5.91 Å². The molecule has 2 amide bonds. The molecule has 0 spiro atoms. The minimum Gasteiger partial charge on any atom is -0.492 e. The lowest BCUT2D eigenvalue weighted by atomic mass is 10.1. The summed E-state index contributed by atoms with van der Waals surface area (Å²) < 4.78 is 10.7. The molecule has 0 radical (unpaired) electrons. The van der Waals surface area contributed by atoms with Crippen LogP contribution in [-0.4, -0.2) is 37.0 Å². The molecule has 0 unspecified atom stereocenters. The zero-order chi connectivity index (χ0) is 23.8. The number of amides is 2. The lowest BCUT2D eigenvalue weighted by Crippen LogP contribution is -2.29. The van der Waals surface area contributed by atoms with Crippen LogP contribution in [0, 0.1) is 6.92 Å². The number of halogens is 2.